The zero-order valence-corrected chi connectivity index (χ0v) is 13.1. The first-order valence-electron chi connectivity index (χ1n) is 7.66. The zero-order valence-electron chi connectivity index (χ0n) is 13.1. The van der Waals surface area contributed by atoms with Crippen LogP contribution < -0.4 is 5.32 Å². The van der Waals surface area contributed by atoms with Crippen LogP contribution in [0.15, 0.2) is 24.3 Å². The third kappa shape index (κ3) is 6.22. The Labute approximate surface area is 119 Å². The summed E-state index contributed by atoms with van der Waals surface area (Å²) in [6.07, 6.45) is 3.54. The number of benzene rings is 1. The molecule has 1 aromatic rings. The van der Waals surface area contributed by atoms with Crippen molar-refractivity contribution in [3.8, 4) is 0 Å². The van der Waals surface area contributed by atoms with Gasteiger partial charge in [0.15, 0.2) is 0 Å². The Bertz CT molecular complexity index is 332. The van der Waals surface area contributed by atoms with Crippen molar-refractivity contribution in [3.05, 3.63) is 35.4 Å². The van der Waals surface area contributed by atoms with Crippen LogP contribution in [0.2, 0.25) is 0 Å². The Hall–Kier alpha value is -0.860. The van der Waals surface area contributed by atoms with Crippen LogP contribution in [0.25, 0.3) is 0 Å². The average molecular weight is 262 g/mol. The maximum atomic E-state index is 3.44. The normalized spacial score (nSPS) is 12.9. The van der Waals surface area contributed by atoms with E-state index in [2.05, 4.69) is 62.3 Å². The van der Waals surface area contributed by atoms with Gasteiger partial charge in [-0.25, -0.2) is 0 Å². The Balaban J connectivity index is 2.38. The van der Waals surface area contributed by atoms with E-state index in [0.29, 0.717) is 6.04 Å². The largest absolute Gasteiger partial charge is 0.316 e. The Morgan fingerprint density at radius 3 is 2.26 bits per heavy atom. The van der Waals surface area contributed by atoms with E-state index in [4.69, 9.17) is 0 Å². The third-order valence-electron chi connectivity index (χ3n) is 3.82. The zero-order chi connectivity index (χ0) is 14.1. The first-order chi connectivity index (χ1) is 9.17. The van der Waals surface area contributed by atoms with Gasteiger partial charge in [0.1, 0.15) is 0 Å². The van der Waals surface area contributed by atoms with E-state index in [0.717, 1.165) is 26.1 Å². The molecule has 0 saturated heterocycles. The molecule has 0 radical (unpaired) electrons. The minimum Gasteiger partial charge on any atom is -0.316 e. The smallest absolute Gasteiger partial charge is 0.0233 e. The molecule has 0 heterocycles. The van der Waals surface area contributed by atoms with E-state index in [1.165, 1.54) is 24.0 Å². The van der Waals surface area contributed by atoms with Crippen LogP contribution in [-0.4, -0.2) is 31.1 Å². The molecule has 0 aliphatic carbocycles. The number of nitrogens with one attached hydrogen (secondary N) is 1. The molecule has 0 amide bonds. The average Bonchev–Trinajstić information content (AvgIpc) is 2.44. The second-order valence-corrected chi connectivity index (χ2v) is 5.49. The molecular weight excluding hydrogens is 232 g/mol. The van der Waals surface area contributed by atoms with Crippen LogP contribution in [0.1, 0.15) is 44.7 Å². The lowest BCUT2D eigenvalue weighted by molar-refractivity contribution is 0.244. The number of hydrogen-bond donors (Lipinski definition) is 1. The van der Waals surface area contributed by atoms with Gasteiger partial charge < -0.3 is 5.32 Å². The van der Waals surface area contributed by atoms with Crippen molar-refractivity contribution in [2.45, 2.75) is 52.6 Å². The van der Waals surface area contributed by atoms with E-state index in [-0.39, 0.29) is 0 Å². The Morgan fingerprint density at radius 1 is 1.05 bits per heavy atom. The van der Waals surface area contributed by atoms with Gasteiger partial charge in [-0.1, -0.05) is 38.1 Å². The summed E-state index contributed by atoms with van der Waals surface area (Å²) in [5.41, 5.74) is 2.84. The molecule has 108 valence electrons. The second kappa shape index (κ2) is 9.11. The fourth-order valence-corrected chi connectivity index (χ4v) is 2.10. The minimum atomic E-state index is 0.651. The molecule has 1 atom stereocenters. The molecule has 0 spiro atoms. The van der Waals surface area contributed by atoms with Crippen LogP contribution in [0.3, 0.4) is 0 Å². The first-order valence-corrected chi connectivity index (χ1v) is 7.66. The molecule has 1 N–H and O–H groups in total. The van der Waals surface area contributed by atoms with Crippen LogP contribution >= 0.6 is 0 Å². The summed E-state index contributed by atoms with van der Waals surface area (Å²) in [6, 6.07) is 9.74. The van der Waals surface area contributed by atoms with Crippen molar-refractivity contribution in [3.63, 3.8) is 0 Å². The van der Waals surface area contributed by atoms with Crippen molar-refractivity contribution in [1.29, 1.82) is 0 Å². The molecule has 0 bridgehead atoms. The summed E-state index contributed by atoms with van der Waals surface area (Å²) >= 11 is 0. The standard InChI is InChI=1S/C17H30N2/c1-5-12-18-13-11-16-7-9-17(10-8-16)14-19(4)15(3)6-2/h7-10,15,18H,5-6,11-14H2,1-4H3. The van der Waals surface area contributed by atoms with E-state index >= 15 is 0 Å². The molecule has 2 heteroatoms. The molecule has 0 aliphatic heterocycles. The second-order valence-electron chi connectivity index (χ2n) is 5.49. The molecule has 0 saturated carbocycles. The molecule has 19 heavy (non-hydrogen) atoms. The van der Waals surface area contributed by atoms with Crippen molar-refractivity contribution in [2.75, 3.05) is 20.1 Å². The minimum absolute atomic E-state index is 0.651. The molecular formula is C17H30N2. The van der Waals surface area contributed by atoms with Crippen LogP contribution in [0.5, 0.6) is 0 Å². The topological polar surface area (TPSA) is 15.3 Å². The number of rotatable bonds is 9. The quantitative estimate of drug-likeness (QED) is 0.686. The van der Waals surface area contributed by atoms with E-state index < -0.39 is 0 Å². The summed E-state index contributed by atoms with van der Waals surface area (Å²) < 4.78 is 0. The molecule has 0 aliphatic rings. The SMILES string of the molecule is CCCNCCc1ccc(CN(C)C(C)CC)cc1. The maximum Gasteiger partial charge on any atom is 0.0233 e. The van der Waals surface area contributed by atoms with Gasteiger partial charge in [0.25, 0.3) is 0 Å². The van der Waals surface area contributed by atoms with Crippen LogP contribution in [0, 0.1) is 0 Å². The fourth-order valence-electron chi connectivity index (χ4n) is 2.10. The molecule has 1 unspecified atom stereocenters. The molecule has 0 fully saturated rings. The van der Waals surface area contributed by atoms with Gasteiger partial charge in [0, 0.05) is 12.6 Å². The van der Waals surface area contributed by atoms with Gasteiger partial charge in [0.2, 0.25) is 0 Å². The van der Waals surface area contributed by atoms with Crippen LogP contribution in [-0.2, 0) is 13.0 Å². The summed E-state index contributed by atoms with van der Waals surface area (Å²) in [4.78, 5) is 2.41. The predicted octanol–water partition coefficient (Wildman–Crippen LogP) is 3.46. The molecule has 1 rings (SSSR count). The Morgan fingerprint density at radius 2 is 1.68 bits per heavy atom. The fraction of sp³-hybridized carbons (Fsp3) is 0.647. The highest BCUT2D eigenvalue weighted by Crippen LogP contribution is 2.10. The highest BCUT2D eigenvalue weighted by atomic mass is 15.1. The van der Waals surface area contributed by atoms with Gasteiger partial charge in [-0.3, -0.25) is 4.90 Å². The monoisotopic (exact) mass is 262 g/mol. The van der Waals surface area contributed by atoms with Gasteiger partial charge in [0.05, 0.1) is 0 Å². The first kappa shape index (κ1) is 16.2. The van der Waals surface area contributed by atoms with Gasteiger partial charge in [-0.15, -0.1) is 0 Å². The van der Waals surface area contributed by atoms with E-state index in [1.807, 2.05) is 0 Å². The lowest BCUT2D eigenvalue weighted by atomic mass is 10.1. The predicted molar refractivity (Wildman–Crippen MR) is 84.5 cm³/mol. The van der Waals surface area contributed by atoms with Crippen molar-refractivity contribution >= 4 is 0 Å². The van der Waals surface area contributed by atoms with E-state index in [9.17, 15) is 0 Å². The summed E-state index contributed by atoms with van der Waals surface area (Å²) in [5.74, 6) is 0. The highest BCUT2D eigenvalue weighted by Gasteiger charge is 2.06. The van der Waals surface area contributed by atoms with Crippen molar-refractivity contribution < 1.29 is 0 Å². The lowest BCUT2D eigenvalue weighted by Crippen LogP contribution is -2.27. The van der Waals surface area contributed by atoms with Crippen LogP contribution in [0.4, 0.5) is 0 Å². The summed E-state index contributed by atoms with van der Waals surface area (Å²) in [6.45, 7) is 9.98. The summed E-state index contributed by atoms with van der Waals surface area (Å²) in [5, 5.41) is 3.44. The van der Waals surface area contributed by atoms with Crippen molar-refractivity contribution in [2.24, 2.45) is 0 Å². The van der Waals surface area contributed by atoms with Gasteiger partial charge >= 0.3 is 0 Å². The molecule has 1 aromatic carbocycles. The molecule has 2 nitrogen and oxygen atoms in total. The number of nitrogens with zero attached hydrogens (tertiary/aromatic N) is 1. The maximum absolute atomic E-state index is 3.44. The lowest BCUT2D eigenvalue weighted by Gasteiger charge is -2.23. The Kier molecular flexibility index (Phi) is 7.76. The highest BCUT2D eigenvalue weighted by molar-refractivity contribution is 5.22. The molecule has 0 aromatic heterocycles. The van der Waals surface area contributed by atoms with Gasteiger partial charge in [-0.05, 0) is 57.5 Å². The van der Waals surface area contributed by atoms with Crippen molar-refractivity contribution in [1.82, 2.24) is 10.2 Å². The van der Waals surface area contributed by atoms with Gasteiger partial charge in [-0.2, -0.15) is 0 Å². The van der Waals surface area contributed by atoms with E-state index in [1.54, 1.807) is 0 Å². The third-order valence-corrected chi connectivity index (χ3v) is 3.82. The summed E-state index contributed by atoms with van der Waals surface area (Å²) in [7, 11) is 2.21. The number of hydrogen-bond acceptors (Lipinski definition) is 2.